The van der Waals surface area contributed by atoms with Gasteiger partial charge in [0.25, 0.3) is 0 Å². The Morgan fingerprint density at radius 3 is 3.11 bits per heavy atom. The molecule has 0 amide bonds. The summed E-state index contributed by atoms with van der Waals surface area (Å²) < 4.78 is 5.32. The second-order valence-corrected chi connectivity index (χ2v) is 2.29. The Labute approximate surface area is 55.1 Å². The Morgan fingerprint density at radius 1 is 1.67 bits per heavy atom. The maximum atomic E-state index is 5.32. The van der Waals surface area contributed by atoms with Crippen molar-refractivity contribution >= 4 is 0 Å². The van der Waals surface area contributed by atoms with Crippen molar-refractivity contribution in [3.8, 4) is 0 Å². The van der Waals surface area contributed by atoms with E-state index < -0.39 is 0 Å². The number of ether oxygens (including phenoxy) is 1. The number of nitrogens with two attached hydrogens (primary N) is 1. The summed E-state index contributed by atoms with van der Waals surface area (Å²) >= 11 is 0. The van der Waals surface area contributed by atoms with E-state index in [0.717, 1.165) is 13.0 Å². The van der Waals surface area contributed by atoms with Gasteiger partial charge in [-0.15, -0.1) is 0 Å². The fourth-order valence-electron chi connectivity index (χ4n) is 1.07. The van der Waals surface area contributed by atoms with E-state index in [4.69, 9.17) is 10.6 Å². The summed E-state index contributed by atoms with van der Waals surface area (Å²) in [4.78, 5) is 4.42. The molecule has 0 spiro atoms. The second-order valence-electron chi connectivity index (χ2n) is 2.29. The molecule has 0 aromatic heterocycles. The summed E-state index contributed by atoms with van der Waals surface area (Å²) in [6, 6.07) is 0. The lowest BCUT2D eigenvalue weighted by atomic mass is 10.2. The minimum atomic E-state index is 0.411. The molecule has 0 aliphatic carbocycles. The topological polar surface area (TPSA) is 44.5 Å². The molecule has 9 heavy (non-hydrogen) atoms. The smallest absolute Gasteiger partial charge is 0.0703 e. The molecule has 1 saturated heterocycles. The van der Waals surface area contributed by atoms with Crippen molar-refractivity contribution in [2.24, 2.45) is 5.90 Å². The average molecular weight is 131 g/mol. The Morgan fingerprint density at radius 2 is 2.56 bits per heavy atom. The van der Waals surface area contributed by atoms with E-state index in [-0.39, 0.29) is 0 Å². The van der Waals surface area contributed by atoms with Crippen molar-refractivity contribution in [3.63, 3.8) is 0 Å². The molecule has 0 radical (unpaired) electrons. The van der Waals surface area contributed by atoms with Crippen LogP contribution in [-0.4, -0.2) is 19.3 Å². The molecule has 0 bridgehead atoms. The van der Waals surface area contributed by atoms with Gasteiger partial charge in [-0.2, -0.15) is 0 Å². The Kier molecular flexibility index (Phi) is 2.97. The summed E-state index contributed by atoms with van der Waals surface area (Å²) in [7, 11) is 0. The van der Waals surface area contributed by atoms with Crippen LogP contribution in [0.25, 0.3) is 0 Å². The molecule has 3 nitrogen and oxygen atoms in total. The summed E-state index contributed by atoms with van der Waals surface area (Å²) in [6.07, 6.45) is 3.71. The zero-order valence-corrected chi connectivity index (χ0v) is 5.51. The van der Waals surface area contributed by atoms with E-state index in [1.54, 1.807) is 0 Å². The minimum absolute atomic E-state index is 0.411. The van der Waals surface area contributed by atoms with Gasteiger partial charge in [0, 0.05) is 6.61 Å². The van der Waals surface area contributed by atoms with Crippen LogP contribution < -0.4 is 5.90 Å². The van der Waals surface area contributed by atoms with Crippen molar-refractivity contribution in [1.82, 2.24) is 0 Å². The van der Waals surface area contributed by atoms with Crippen LogP contribution >= 0.6 is 0 Å². The van der Waals surface area contributed by atoms with E-state index in [1.165, 1.54) is 12.8 Å². The Balaban J connectivity index is 1.98. The summed E-state index contributed by atoms with van der Waals surface area (Å²) in [6.45, 7) is 1.53. The lowest BCUT2D eigenvalue weighted by molar-refractivity contribution is 0.0595. The maximum absolute atomic E-state index is 5.32. The van der Waals surface area contributed by atoms with Gasteiger partial charge in [0.15, 0.2) is 0 Å². The van der Waals surface area contributed by atoms with Crippen LogP contribution in [0.3, 0.4) is 0 Å². The van der Waals surface area contributed by atoms with Crippen molar-refractivity contribution in [2.45, 2.75) is 25.4 Å². The van der Waals surface area contributed by atoms with Gasteiger partial charge in [-0.3, -0.25) is 0 Å². The van der Waals surface area contributed by atoms with E-state index in [2.05, 4.69) is 4.84 Å². The Hall–Kier alpha value is -0.120. The van der Waals surface area contributed by atoms with Crippen LogP contribution in [0, 0.1) is 0 Å². The first-order valence-electron chi connectivity index (χ1n) is 3.37. The van der Waals surface area contributed by atoms with E-state index in [0.29, 0.717) is 12.7 Å². The molecule has 1 atom stereocenters. The van der Waals surface area contributed by atoms with Gasteiger partial charge in [-0.25, -0.2) is 5.90 Å². The molecule has 0 aromatic rings. The fraction of sp³-hybridized carbons (Fsp3) is 1.00. The molecule has 1 aliphatic rings. The van der Waals surface area contributed by atoms with Gasteiger partial charge in [0.05, 0.1) is 12.7 Å². The van der Waals surface area contributed by atoms with Gasteiger partial charge in [0.1, 0.15) is 0 Å². The average Bonchev–Trinajstić information content (AvgIpc) is 2.34. The van der Waals surface area contributed by atoms with Crippen molar-refractivity contribution in [2.75, 3.05) is 13.2 Å². The van der Waals surface area contributed by atoms with Crippen LogP contribution in [0.5, 0.6) is 0 Å². The summed E-state index contributed by atoms with van der Waals surface area (Å²) in [5, 5.41) is 0. The molecule has 1 rings (SSSR count). The lowest BCUT2D eigenvalue weighted by Crippen LogP contribution is -2.11. The molecule has 54 valence electrons. The van der Waals surface area contributed by atoms with Crippen LogP contribution in [0.4, 0.5) is 0 Å². The SMILES string of the molecule is NOCCC1CCCO1. The molecule has 1 heterocycles. The van der Waals surface area contributed by atoms with Crippen LogP contribution in [0.2, 0.25) is 0 Å². The second kappa shape index (κ2) is 3.82. The summed E-state index contributed by atoms with van der Waals surface area (Å²) in [5.74, 6) is 4.85. The van der Waals surface area contributed by atoms with E-state index in [1.807, 2.05) is 0 Å². The number of hydrogen-bond donors (Lipinski definition) is 1. The highest BCUT2D eigenvalue weighted by Crippen LogP contribution is 2.14. The third-order valence-corrected chi connectivity index (χ3v) is 1.58. The van der Waals surface area contributed by atoms with Crippen LogP contribution in [0.15, 0.2) is 0 Å². The highest BCUT2D eigenvalue weighted by molar-refractivity contribution is 4.63. The van der Waals surface area contributed by atoms with Crippen LogP contribution in [0.1, 0.15) is 19.3 Å². The van der Waals surface area contributed by atoms with E-state index >= 15 is 0 Å². The zero-order chi connectivity index (χ0) is 6.53. The molecule has 0 aromatic carbocycles. The van der Waals surface area contributed by atoms with Gasteiger partial charge >= 0.3 is 0 Å². The zero-order valence-electron chi connectivity index (χ0n) is 5.51. The van der Waals surface area contributed by atoms with Crippen molar-refractivity contribution in [3.05, 3.63) is 0 Å². The highest BCUT2D eigenvalue weighted by Gasteiger charge is 2.14. The molecule has 0 saturated carbocycles. The largest absolute Gasteiger partial charge is 0.378 e. The first kappa shape index (κ1) is 6.99. The predicted molar refractivity (Wildman–Crippen MR) is 33.7 cm³/mol. The van der Waals surface area contributed by atoms with Gasteiger partial charge in [0.2, 0.25) is 0 Å². The molecule has 1 unspecified atom stereocenters. The standard InChI is InChI=1S/C6H13NO2/c7-9-5-3-6-2-1-4-8-6/h6H,1-5,7H2. The molecular formula is C6H13NO2. The third kappa shape index (κ3) is 2.30. The monoisotopic (exact) mass is 131 g/mol. The first-order chi connectivity index (χ1) is 4.43. The molecule has 1 aliphatic heterocycles. The molecule has 3 heteroatoms. The van der Waals surface area contributed by atoms with Crippen molar-refractivity contribution in [1.29, 1.82) is 0 Å². The predicted octanol–water partition coefficient (Wildman–Crippen LogP) is 0.446. The lowest BCUT2D eigenvalue weighted by Gasteiger charge is -2.05. The highest BCUT2D eigenvalue weighted by atomic mass is 16.6. The van der Waals surface area contributed by atoms with Crippen LogP contribution in [-0.2, 0) is 9.57 Å². The van der Waals surface area contributed by atoms with Gasteiger partial charge in [-0.05, 0) is 19.3 Å². The minimum Gasteiger partial charge on any atom is -0.378 e. The molecule has 1 fully saturated rings. The van der Waals surface area contributed by atoms with E-state index in [9.17, 15) is 0 Å². The third-order valence-electron chi connectivity index (χ3n) is 1.58. The Bertz CT molecular complexity index is 71.5. The van der Waals surface area contributed by atoms with Crippen molar-refractivity contribution < 1.29 is 9.57 Å². The first-order valence-corrected chi connectivity index (χ1v) is 3.37. The number of rotatable bonds is 3. The fourth-order valence-corrected chi connectivity index (χ4v) is 1.07. The number of hydrogen-bond acceptors (Lipinski definition) is 3. The van der Waals surface area contributed by atoms with Gasteiger partial charge < -0.3 is 9.57 Å². The maximum Gasteiger partial charge on any atom is 0.0703 e. The molecule has 2 N–H and O–H groups in total. The normalized spacial score (nSPS) is 27.0. The van der Waals surface area contributed by atoms with Gasteiger partial charge in [-0.1, -0.05) is 0 Å². The quantitative estimate of drug-likeness (QED) is 0.565. The summed E-state index contributed by atoms with van der Waals surface area (Å²) in [5.41, 5.74) is 0. The molecular weight excluding hydrogens is 118 g/mol.